The molecule has 0 aromatic rings. The molecular weight excluding hydrogens is 212 g/mol. The summed E-state index contributed by atoms with van der Waals surface area (Å²) < 4.78 is 0. The van der Waals surface area contributed by atoms with E-state index in [1.54, 1.807) is 0 Å². The highest BCUT2D eigenvalue weighted by atomic mass is 16.2. The van der Waals surface area contributed by atoms with Crippen LogP contribution < -0.4 is 5.32 Å². The van der Waals surface area contributed by atoms with Crippen LogP contribution >= 0.6 is 0 Å². The first-order valence-corrected chi connectivity index (χ1v) is 7.04. The highest BCUT2D eigenvalue weighted by Gasteiger charge is 2.43. The van der Waals surface area contributed by atoms with Crippen molar-refractivity contribution in [1.82, 2.24) is 10.2 Å². The number of nitrogens with one attached hydrogen (secondary N) is 1. The number of carbonyl (C=O) groups is 1. The van der Waals surface area contributed by atoms with Gasteiger partial charge in [-0.2, -0.15) is 0 Å². The van der Waals surface area contributed by atoms with E-state index in [1.807, 2.05) is 11.8 Å². The lowest BCUT2D eigenvalue weighted by molar-refractivity contribution is -0.133. The zero-order valence-electron chi connectivity index (χ0n) is 11.5. The van der Waals surface area contributed by atoms with Gasteiger partial charge in [0.15, 0.2) is 0 Å². The Balaban J connectivity index is 1.98. The number of carbonyl (C=O) groups excluding carboxylic acids is 1. The Morgan fingerprint density at radius 3 is 2.41 bits per heavy atom. The van der Waals surface area contributed by atoms with E-state index in [1.165, 1.54) is 32.1 Å². The van der Waals surface area contributed by atoms with E-state index < -0.39 is 0 Å². The smallest absolute Gasteiger partial charge is 0.243 e. The van der Waals surface area contributed by atoms with Gasteiger partial charge in [0.2, 0.25) is 5.91 Å². The summed E-state index contributed by atoms with van der Waals surface area (Å²) in [4.78, 5) is 14.4. The average molecular weight is 238 g/mol. The summed E-state index contributed by atoms with van der Waals surface area (Å²) in [5, 5.41) is 3.37. The molecule has 0 radical (unpaired) electrons. The van der Waals surface area contributed by atoms with Crippen molar-refractivity contribution in [3.05, 3.63) is 0 Å². The van der Waals surface area contributed by atoms with Crippen molar-refractivity contribution in [1.29, 1.82) is 0 Å². The van der Waals surface area contributed by atoms with Crippen molar-refractivity contribution in [2.24, 2.45) is 5.41 Å². The summed E-state index contributed by atoms with van der Waals surface area (Å²) in [6.07, 6.45) is 7.46. The van der Waals surface area contributed by atoms with E-state index in [0.717, 1.165) is 19.6 Å². The molecule has 0 spiro atoms. The molecule has 2 aliphatic rings. The van der Waals surface area contributed by atoms with Gasteiger partial charge in [-0.3, -0.25) is 10.1 Å². The first-order chi connectivity index (χ1) is 7.99. The maximum Gasteiger partial charge on any atom is 0.243 e. The molecule has 1 saturated heterocycles. The monoisotopic (exact) mass is 238 g/mol. The molecule has 0 bridgehead atoms. The SMILES string of the molecule is CCC1(C)NCN(CC2(C)CCCCC2)C1=O. The molecule has 0 aromatic carbocycles. The summed E-state index contributed by atoms with van der Waals surface area (Å²) in [5.41, 5.74) is 0.0413. The molecule has 1 amide bonds. The fourth-order valence-electron chi connectivity index (χ4n) is 3.19. The quantitative estimate of drug-likeness (QED) is 0.819. The van der Waals surface area contributed by atoms with Crippen molar-refractivity contribution in [2.45, 2.75) is 64.8 Å². The molecule has 1 unspecified atom stereocenters. The van der Waals surface area contributed by atoms with Gasteiger partial charge in [-0.1, -0.05) is 33.1 Å². The Morgan fingerprint density at radius 1 is 1.24 bits per heavy atom. The summed E-state index contributed by atoms with van der Waals surface area (Å²) >= 11 is 0. The second kappa shape index (κ2) is 4.60. The van der Waals surface area contributed by atoms with E-state index in [0.29, 0.717) is 11.3 Å². The van der Waals surface area contributed by atoms with Gasteiger partial charge in [0, 0.05) is 6.54 Å². The van der Waals surface area contributed by atoms with Crippen LogP contribution in [0, 0.1) is 5.41 Å². The molecule has 1 saturated carbocycles. The highest BCUT2D eigenvalue weighted by Crippen LogP contribution is 2.37. The van der Waals surface area contributed by atoms with Gasteiger partial charge >= 0.3 is 0 Å². The third-order valence-corrected chi connectivity index (χ3v) is 4.76. The zero-order chi connectivity index (χ0) is 12.5. The van der Waals surface area contributed by atoms with Gasteiger partial charge in [0.05, 0.1) is 12.2 Å². The summed E-state index contributed by atoms with van der Waals surface area (Å²) in [6, 6.07) is 0. The third kappa shape index (κ3) is 2.49. The molecule has 17 heavy (non-hydrogen) atoms. The van der Waals surface area contributed by atoms with Crippen molar-refractivity contribution in [2.75, 3.05) is 13.2 Å². The first kappa shape index (κ1) is 12.9. The van der Waals surface area contributed by atoms with Gasteiger partial charge in [-0.25, -0.2) is 0 Å². The second-order valence-corrected chi connectivity index (χ2v) is 6.39. The maximum absolute atomic E-state index is 12.3. The predicted octanol–water partition coefficient (Wildman–Crippen LogP) is 2.51. The van der Waals surface area contributed by atoms with Crippen LogP contribution in [0.25, 0.3) is 0 Å². The van der Waals surface area contributed by atoms with Crippen molar-refractivity contribution >= 4 is 5.91 Å². The molecule has 1 aliphatic heterocycles. The molecule has 0 aromatic heterocycles. The zero-order valence-corrected chi connectivity index (χ0v) is 11.5. The van der Waals surface area contributed by atoms with Crippen molar-refractivity contribution in [3.63, 3.8) is 0 Å². The second-order valence-electron chi connectivity index (χ2n) is 6.39. The van der Waals surface area contributed by atoms with Gasteiger partial charge in [0.1, 0.15) is 0 Å². The number of hydrogen-bond acceptors (Lipinski definition) is 2. The lowest BCUT2D eigenvalue weighted by atomic mass is 9.75. The summed E-state index contributed by atoms with van der Waals surface area (Å²) in [5.74, 6) is 0.298. The average Bonchev–Trinajstić information content (AvgIpc) is 2.59. The number of nitrogens with zero attached hydrogens (tertiary/aromatic N) is 1. The van der Waals surface area contributed by atoms with Crippen LogP contribution in [0.2, 0.25) is 0 Å². The molecule has 1 N–H and O–H groups in total. The van der Waals surface area contributed by atoms with E-state index >= 15 is 0 Å². The standard InChI is InChI=1S/C14H26N2O/c1-4-14(3)12(17)16(11-15-14)10-13(2)8-6-5-7-9-13/h15H,4-11H2,1-3H3. The largest absolute Gasteiger partial charge is 0.328 e. The number of rotatable bonds is 3. The fraction of sp³-hybridized carbons (Fsp3) is 0.929. The molecule has 1 aliphatic carbocycles. The topological polar surface area (TPSA) is 32.3 Å². The summed E-state index contributed by atoms with van der Waals surface area (Å²) in [6.45, 7) is 8.13. The fourth-order valence-corrected chi connectivity index (χ4v) is 3.19. The minimum Gasteiger partial charge on any atom is -0.328 e. The van der Waals surface area contributed by atoms with E-state index in [4.69, 9.17) is 0 Å². The molecule has 1 atom stereocenters. The Morgan fingerprint density at radius 2 is 1.88 bits per heavy atom. The van der Waals surface area contributed by atoms with Crippen LogP contribution in [0.15, 0.2) is 0 Å². The number of hydrogen-bond donors (Lipinski definition) is 1. The summed E-state index contributed by atoms with van der Waals surface area (Å²) in [7, 11) is 0. The highest BCUT2D eigenvalue weighted by molar-refractivity contribution is 5.87. The first-order valence-electron chi connectivity index (χ1n) is 7.04. The van der Waals surface area contributed by atoms with Crippen LogP contribution in [-0.2, 0) is 4.79 Å². The Kier molecular flexibility index (Phi) is 3.48. The minimum absolute atomic E-state index is 0.298. The van der Waals surface area contributed by atoms with Crippen molar-refractivity contribution < 1.29 is 4.79 Å². The van der Waals surface area contributed by atoms with E-state index in [9.17, 15) is 4.79 Å². The predicted molar refractivity (Wildman–Crippen MR) is 69.6 cm³/mol. The van der Waals surface area contributed by atoms with Crippen LogP contribution in [-0.4, -0.2) is 29.6 Å². The Bertz CT molecular complexity index is 297. The van der Waals surface area contributed by atoms with Crippen LogP contribution in [0.5, 0.6) is 0 Å². The molecule has 1 heterocycles. The molecule has 3 heteroatoms. The van der Waals surface area contributed by atoms with E-state index in [-0.39, 0.29) is 5.54 Å². The van der Waals surface area contributed by atoms with E-state index in [2.05, 4.69) is 19.2 Å². The van der Waals surface area contributed by atoms with Gasteiger partial charge in [-0.15, -0.1) is 0 Å². The maximum atomic E-state index is 12.3. The van der Waals surface area contributed by atoms with Crippen molar-refractivity contribution in [3.8, 4) is 0 Å². The normalized spacial score (nSPS) is 33.1. The molecule has 2 rings (SSSR count). The van der Waals surface area contributed by atoms with Crippen LogP contribution in [0.4, 0.5) is 0 Å². The molecule has 3 nitrogen and oxygen atoms in total. The third-order valence-electron chi connectivity index (χ3n) is 4.76. The Labute approximate surface area is 105 Å². The lowest BCUT2D eigenvalue weighted by Gasteiger charge is -2.37. The van der Waals surface area contributed by atoms with Gasteiger partial charge < -0.3 is 4.90 Å². The molecule has 2 fully saturated rings. The number of amides is 1. The Hall–Kier alpha value is -0.570. The van der Waals surface area contributed by atoms with Gasteiger partial charge in [0.25, 0.3) is 0 Å². The molecule has 98 valence electrons. The lowest BCUT2D eigenvalue weighted by Crippen LogP contribution is -2.44. The van der Waals surface area contributed by atoms with Gasteiger partial charge in [-0.05, 0) is 31.6 Å². The minimum atomic E-state index is -0.314. The van der Waals surface area contributed by atoms with Crippen LogP contribution in [0.1, 0.15) is 59.3 Å². The van der Waals surface area contributed by atoms with Crippen LogP contribution in [0.3, 0.4) is 0 Å². The molecular formula is C14H26N2O.